The van der Waals surface area contributed by atoms with E-state index < -0.39 is 22.9 Å². The van der Waals surface area contributed by atoms with E-state index in [1.807, 2.05) is 19.1 Å². The van der Waals surface area contributed by atoms with E-state index in [1.54, 1.807) is 12.1 Å². The molecule has 0 spiro atoms. The third kappa shape index (κ3) is 5.68. The minimum absolute atomic E-state index is 0.0509. The van der Waals surface area contributed by atoms with Crippen LogP contribution in [0.2, 0.25) is 5.02 Å². The third-order valence-corrected chi connectivity index (χ3v) is 3.86. The van der Waals surface area contributed by atoms with Crippen LogP contribution in [0.5, 0.6) is 5.75 Å². The molecule has 0 bridgehead atoms. The first kappa shape index (κ1) is 20.2. The summed E-state index contributed by atoms with van der Waals surface area (Å²) in [4.78, 5) is 34.2. The molecule has 0 radical (unpaired) electrons. The number of nitrogens with one attached hydrogen (secondary N) is 1. The largest absolute Gasteiger partial charge is 0.482 e. The van der Waals surface area contributed by atoms with Gasteiger partial charge in [0.05, 0.1) is 15.6 Å². The highest BCUT2D eigenvalue weighted by Gasteiger charge is 2.20. The molecule has 2 rings (SSSR count). The molecule has 1 amide bonds. The van der Waals surface area contributed by atoms with Crippen molar-refractivity contribution in [2.45, 2.75) is 20.0 Å². The highest BCUT2D eigenvalue weighted by atomic mass is 35.5. The second-order valence-corrected chi connectivity index (χ2v) is 6.00. The number of nitro groups is 1. The van der Waals surface area contributed by atoms with E-state index in [9.17, 15) is 19.7 Å². The van der Waals surface area contributed by atoms with Gasteiger partial charge in [0.1, 0.15) is 5.75 Å². The molecule has 0 saturated heterocycles. The van der Waals surface area contributed by atoms with Crippen LogP contribution in [0.15, 0.2) is 42.5 Å². The molecule has 27 heavy (non-hydrogen) atoms. The number of carbonyl (C=O) groups is 2. The second kappa shape index (κ2) is 9.00. The summed E-state index contributed by atoms with van der Waals surface area (Å²) in [6.07, 6.45) is -1.15. The molecule has 9 heteroatoms. The minimum atomic E-state index is -1.15. The summed E-state index contributed by atoms with van der Waals surface area (Å²) in [6, 6.07) is 10.8. The number of anilines is 1. The average Bonchev–Trinajstić information content (AvgIpc) is 2.62. The zero-order chi connectivity index (χ0) is 20.0. The molecule has 0 aliphatic rings. The number of amides is 1. The van der Waals surface area contributed by atoms with Crippen LogP contribution in [-0.2, 0) is 14.3 Å². The number of rotatable bonds is 7. The molecule has 0 unspecified atom stereocenters. The van der Waals surface area contributed by atoms with Gasteiger partial charge in [0, 0.05) is 12.1 Å². The molecule has 8 nitrogen and oxygen atoms in total. The van der Waals surface area contributed by atoms with Crippen LogP contribution in [0.4, 0.5) is 11.4 Å². The van der Waals surface area contributed by atoms with Crippen LogP contribution in [0.1, 0.15) is 12.5 Å². The smallest absolute Gasteiger partial charge is 0.344 e. The number of para-hydroxylation sites is 1. The molecular formula is C18H17ClN2O6. The monoisotopic (exact) mass is 392 g/mol. The van der Waals surface area contributed by atoms with E-state index in [-0.39, 0.29) is 23.0 Å². The molecule has 0 aliphatic heterocycles. The van der Waals surface area contributed by atoms with E-state index in [0.29, 0.717) is 5.75 Å². The van der Waals surface area contributed by atoms with E-state index in [1.165, 1.54) is 19.1 Å². The van der Waals surface area contributed by atoms with Crippen molar-refractivity contribution in [2.75, 3.05) is 11.9 Å². The third-order valence-electron chi connectivity index (χ3n) is 3.54. The van der Waals surface area contributed by atoms with Gasteiger partial charge in [-0.2, -0.15) is 0 Å². The van der Waals surface area contributed by atoms with Crippen LogP contribution in [0.3, 0.4) is 0 Å². The lowest BCUT2D eigenvalue weighted by Crippen LogP contribution is -2.31. The predicted octanol–water partition coefficient (Wildman–Crippen LogP) is 3.51. The van der Waals surface area contributed by atoms with Crippen molar-refractivity contribution < 1.29 is 24.0 Å². The summed E-state index contributed by atoms with van der Waals surface area (Å²) in [5.41, 5.74) is 0.678. The SMILES string of the molecule is Cc1ccccc1OCC(=O)O[C@H](C)C(=O)Nc1cc([N+](=O)[O-])ccc1Cl. The molecule has 0 fully saturated rings. The number of hydrogen-bond donors (Lipinski definition) is 1. The first-order valence-electron chi connectivity index (χ1n) is 7.90. The van der Waals surface area contributed by atoms with Gasteiger partial charge >= 0.3 is 5.97 Å². The van der Waals surface area contributed by atoms with Gasteiger partial charge in [-0.05, 0) is 31.5 Å². The number of non-ortho nitro benzene ring substituents is 1. The lowest BCUT2D eigenvalue weighted by molar-refractivity contribution is -0.384. The number of benzene rings is 2. The zero-order valence-electron chi connectivity index (χ0n) is 14.6. The van der Waals surface area contributed by atoms with E-state index in [4.69, 9.17) is 21.1 Å². The summed E-state index contributed by atoms with van der Waals surface area (Å²) >= 11 is 5.92. The zero-order valence-corrected chi connectivity index (χ0v) is 15.4. The van der Waals surface area contributed by atoms with Crippen molar-refractivity contribution in [1.82, 2.24) is 0 Å². The van der Waals surface area contributed by atoms with Gasteiger partial charge in [0.25, 0.3) is 11.6 Å². The highest BCUT2D eigenvalue weighted by molar-refractivity contribution is 6.33. The molecule has 1 atom stereocenters. The molecule has 2 aromatic carbocycles. The van der Waals surface area contributed by atoms with E-state index >= 15 is 0 Å². The molecule has 1 N–H and O–H groups in total. The van der Waals surface area contributed by atoms with E-state index in [2.05, 4.69) is 5.32 Å². The number of halogens is 1. The summed E-state index contributed by atoms with van der Waals surface area (Å²) < 4.78 is 10.4. The van der Waals surface area contributed by atoms with Crippen molar-refractivity contribution in [3.8, 4) is 5.75 Å². The summed E-state index contributed by atoms with van der Waals surface area (Å²) in [7, 11) is 0. The summed E-state index contributed by atoms with van der Waals surface area (Å²) in [5.74, 6) is -0.873. The molecular weight excluding hydrogens is 376 g/mol. The van der Waals surface area contributed by atoms with Crippen molar-refractivity contribution >= 4 is 34.9 Å². The Morgan fingerprint density at radius 2 is 1.96 bits per heavy atom. The molecule has 0 aliphatic carbocycles. The average molecular weight is 393 g/mol. The van der Waals surface area contributed by atoms with Gasteiger partial charge in [0.2, 0.25) is 0 Å². The standard InChI is InChI=1S/C18H17ClN2O6/c1-11-5-3-4-6-16(11)26-10-17(22)27-12(2)18(23)20-15-9-13(21(24)25)7-8-14(15)19/h3-9,12H,10H2,1-2H3,(H,20,23)/t12-/m1/s1. The van der Waals surface area contributed by atoms with Crippen LogP contribution in [0, 0.1) is 17.0 Å². The van der Waals surface area contributed by atoms with Gasteiger partial charge in [-0.1, -0.05) is 29.8 Å². The van der Waals surface area contributed by atoms with Gasteiger partial charge in [0.15, 0.2) is 12.7 Å². The first-order chi connectivity index (χ1) is 12.8. The fourth-order valence-electron chi connectivity index (χ4n) is 2.10. The number of ether oxygens (including phenoxy) is 2. The number of hydrogen-bond acceptors (Lipinski definition) is 6. The second-order valence-electron chi connectivity index (χ2n) is 5.60. The Kier molecular flexibility index (Phi) is 6.73. The van der Waals surface area contributed by atoms with Crippen LogP contribution < -0.4 is 10.1 Å². The maximum Gasteiger partial charge on any atom is 0.344 e. The number of carbonyl (C=O) groups excluding carboxylic acids is 2. The summed E-state index contributed by atoms with van der Waals surface area (Å²) in [6.45, 7) is 2.84. The quantitative estimate of drug-likeness (QED) is 0.439. The fraction of sp³-hybridized carbons (Fsp3) is 0.222. The van der Waals surface area contributed by atoms with Gasteiger partial charge in [-0.15, -0.1) is 0 Å². The van der Waals surface area contributed by atoms with Crippen LogP contribution in [-0.4, -0.2) is 29.5 Å². The Labute approximate surface area is 160 Å². The lowest BCUT2D eigenvalue weighted by atomic mass is 10.2. The Bertz CT molecular complexity index is 871. The van der Waals surface area contributed by atoms with Crippen LogP contribution >= 0.6 is 11.6 Å². The molecule has 2 aromatic rings. The number of aryl methyl sites for hydroxylation is 1. The highest BCUT2D eigenvalue weighted by Crippen LogP contribution is 2.26. The van der Waals surface area contributed by atoms with Crippen molar-refractivity contribution in [2.24, 2.45) is 0 Å². The van der Waals surface area contributed by atoms with Crippen molar-refractivity contribution in [1.29, 1.82) is 0 Å². The molecule has 0 saturated carbocycles. The van der Waals surface area contributed by atoms with Gasteiger partial charge in [-0.3, -0.25) is 14.9 Å². The van der Waals surface area contributed by atoms with Gasteiger partial charge < -0.3 is 14.8 Å². The first-order valence-corrected chi connectivity index (χ1v) is 8.28. The fourth-order valence-corrected chi connectivity index (χ4v) is 2.26. The van der Waals surface area contributed by atoms with Crippen LogP contribution in [0.25, 0.3) is 0 Å². The normalized spacial score (nSPS) is 11.4. The Balaban J connectivity index is 1.91. The summed E-state index contributed by atoms with van der Waals surface area (Å²) in [5, 5.41) is 13.3. The number of nitro benzene ring substituents is 1. The maximum atomic E-state index is 12.2. The topological polar surface area (TPSA) is 108 Å². The molecule has 0 aromatic heterocycles. The van der Waals surface area contributed by atoms with Crippen molar-refractivity contribution in [3.63, 3.8) is 0 Å². The maximum absolute atomic E-state index is 12.2. The number of esters is 1. The van der Waals surface area contributed by atoms with Crippen molar-refractivity contribution in [3.05, 3.63) is 63.2 Å². The Morgan fingerprint density at radius 3 is 2.63 bits per heavy atom. The molecule has 0 heterocycles. The lowest BCUT2D eigenvalue weighted by Gasteiger charge is -2.15. The molecule has 142 valence electrons. The van der Waals surface area contributed by atoms with E-state index in [0.717, 1.165) is 11.6 Å². The Morgan fingerprint density at radius 1 is 1.26 bits per heavy atom. The van der Waals surface area contributed by atoms with Gasteiger partial charge in [-0.25, -0.2) is 4.79 Å². The number of nitrogens with zero attached hydrogens (tertiary/aromatic N) is 1. The Hall–Kier alpha value is -3.13. The predicted molar refractivity (Wildman–Crippen MR) is 99.0 cm³/mol. The minimum Gasteiger partial charge on any atom is -0.482 e.